The first-order valence-corrected chi connectivity index (χ1v) is 4.88. The lowest BCUT2D eigenvalue weighted by Gasteiger charge is -2.23. The van der Waals surface area contributed by atoms with Crippen LogP contribution in [0.4, 0.5) is 11.6 Å². The van der Waals surface area contributed by atoms with E-state index in [1.165, 1.54) is 6.33 Å². The Morgan fingerprint density at radius 2 is 2.27 bits per heavy atom. The topological polar surface area (TPSA) is 87.3 Å². The van der Waals surface area contributed by atoms with Crippen molar-refractivity contribution >= 4 is 11.6 Å². The number of aromatic nitrogens is 2. The average Bonchev–Trinajstić information content (AvgIpc) is 2.27. The number of hydrazine groups is 1. The Bertz CT molecular complexity index is 317. The first kappa shape index (κ1) is 11.7. The zero-order chi connectivity index (χ0) is 11.3. The predicted octanol–water partition coefficient (Wildman–Crippen LogP) is -0.111. The normalized spacial score (nSPS) is 10.1. The molecule has 0 radical (unpaired) electrons. The van der Waals surface area contributed by atoms with E-state index in [0.29, 0.717) is 12.4 Å². The summed E-state index contributed by atoms with van der Waals surface area (Å²) in [7, 11) is 0. The molecular weight excluding hydrogens is 194 g/mol. The molecule has 0 saturated heterocycles. The quantitative estimate of drug-likeness (QED) is 0.465. The SMILES string of the molecule is CCN(CCO)c1ncnc(NN)c1C. The van der Waals surface area contributed by atoms with Crippen LogP contribution in [0.1, 0.15) is 12.5 Å². The maximum Gasteiger partial charge on any atom is 0.148 e. The molecule has 0 atom stereocenters. The Morgan fingerprint density at radius 1 is 1.53 bits per heavy atom. The van der Waals surface area contributed by atoms with Gasteiger partial charge >= 0.3 is 0 Å². The minimum atomic E-state index is 0.0999. The minimum absolute atomic E-state index is 0.0999. The van der Waals surface area contributed by atoms with Crippen LogP contribution in [0.2, 0.25) is 0 Å². The van der Waals surface area contributed by atoms with Crippen LogP contribution in [0.5, 0.6) is 0 Å². The third kappa shape index (κ3) is 2.54. The summed E-state index contributed by atoms with van der Waals surface area (Å²) in [4.78, 5) is 10.2. The molecule has 0 aromatic carbocycles. The molecule has 1 rings (SSSR count). The molecule has 15 heavy (non-hydrogen) atoms. The van der Waals surface area contributed by atoms with Gasteiger partial charge in [0.1, 0.15) is 18.0 Å². The lowest BCUT2D eigenvalue weighted by molar-refractivity contribution is 0.302. The van der Waals surface area contributed by atoms with Crippen LogP contribution in [0, 0.1) is 6.92 Å². The number of rotatable bonds is 5. The fraction of sp³-hybridized carbons (Fsp3) is 0.556. The number of nitrogen functional groups attached to an aromatic ring is 1. The van der Waals surface area contributed by atoms with E-state index in [1.54, 1.807) is 0 Å². The summed E-state index contributed by atoms with van der Waals surface area (Å²) >= 11 is 0. The van der Waals surface area contributed by atoms with Gasteiger partial charge in [0.15, 0.2) is 0 Å². The van der Waals surface area contributed by atoms with Crippen molar-refractivity contribution < 1.29 is 5.11 Å². The van der Waals surface area contributed by atoms with E-state index in [1.807, 2.05) is 18.7 Å². The zero-order valence-electron chi connectivity index (χ0n) is 9.06. The summed E-state index contributed by atoms with van der Waals surface area (Å²) in [6.07, 6.45) is 1.46. The maximum atomic E-state index is 8.92. The molecular formula is C9H17N5O. The standard InChI is InChI=1S/C9H17N5O/c1-3-14(4-5-15)9-7(2)8(13-10)11-6-12-9/h6,15H,3-5,10H2,1-2H3,(H,11,12,13). The van der Waals surface area contributed by atoms with Crippen LogP contribution in [-0.2, 0) is 0 Å². The van der Waals surface area contributed by atoms with Crippen LogP contribution in [0.25, 0.3) is 0 Å². The second-order valence-corrected chi connectivity index (χ2v) is 3.12. The first-order chi connectivity index (χ1) is 7.24. The van der Waals surface area contributed by atoms with Gasteiger partial charge in [-0.25, -0.2) is 15.8 Å². The highest BCUT2D eigenvalue weighted by atomic mass is 16.3. The van der Waals surface area contributed by atoms with Crippen molar-refractivity contribution in [2.45, 2.75) is 13.8 Å². The van der Waals surface area contributed by atoms with Crippen LogP contribution >= 0.6 is 0 Å². The highest BCUT2D eigenvalue weighted by Gasteiger charge is 2.11. The number of hydrogen-bond donors (Lipinski definition) is 3. The summed E-state index contributed by atoms with van der Waals surface area (Å²) in [5.41, 5.74) is 3.40. The number of nitrogens with one attached hydrogen (secondary N) is 1. The average molecular weight is 211 g/mol. The third-order valence-electron chi connectivity index (χ3n) is 2.25. The van der Waals surface area contributed by atoms with Crippen molar-refractivity contribution in [3.63, 3.8) is 0 Å². The highest BCUT2D eigenvalue weighted by Crippen LogP contribution is 2.20. The van der Waals surface area contributed by atoms with Gasteiger partial charge in [-0.1, -0.05) is 0 Å². The molecule has 0 aliphatic rings. The Labute approximate surface area is 89.1 Å². The second-order valence-electron chi connectivity index (χ2n) is 3.12. The molecule has 0 aliphatic carbocycles. The van der Waals surface area contributed by atoms with Gasteiger partial charge in [-0.15, -0.1) is 0 Å². The third-order valence-corrected chi connectivity index (χ3v) is 2.25. The lowest BCUT2D eigenvalue weighted by Crippen LogP contribution is -2.28. The Balaban J connectivity index is 3.01. The van der Waals surface area contributed by atoms with E-state index < -0.39 is 0 Å². The molecule has 0 fully saturated rings. The summed E-state index contributed by atoms with van der Waals surface area (Å²) in [5, 5.41) is 8.92. The van der Waals surface area contributed by atoms with Crippen molar-refractivity contribution in [1.82, 2.24) is 9.97 Å². The molecule has 1 heterocycles. The second kappa shape index (κ2) is 5.47. The number of nitrogens with two attached hydrogens (primary N) is 1. The Hall–Kier alpha value is -1.40. The number of likely N-dealkylation sites (N-methyl/N-ethyl adjacent to an activating group) is 1. The fourth-order valence-electron chi connectivity index (χ4n) is 1.44. The van der Waals surface area contributed by atoms with Crippen molar-refractivity contribution in [2.24, 2.45) is 5.84 Å². The van der Waals surface area contributed by atoms with Gasteiger partial charge in [-0.2, -0.15) is 0 Å². The van der Waals surface area contributed by atoms with E-state index >= 15 is 0 Å². The lowest BCUT2D eigenvalue weighted by atomic mass is 10.3. The first-order valence-electron chi connectivity index (χ1n) is 4.88. The van der Waals surface area contributed by atoms with Gasteiger partial charge in [-0.3, -0.25) is 0 Å². The number of hydrogen-bond acceptors (Lipinski definition) is 6. The molecule has 6 nitrogen and oxygen atoms in total. The van der Waals surface area contributed by atoms with E-state index in [2.05, 4.69) is 15.4 Å². The summed E-state index contributed by atoms with van der Waals surface area (Å²) < 4.78 is 0. The highest BCUT2D eigenvalue weighted by molar-refractivity contribution is 5.57. The van der Waals surface area contributed by atoms with Gasteiger partial charge in [-0.05, 0) is 13.8 Å². The van der Waals surface area contributed by atoms with Crippen LogP contribution < -0.4 is 16.2 Å². The van der Waals surface area contributed by atoms with Crippen LogP contribution in [0.15, 0.2) is 6.33 Å². The van der Waals surface area contributed by atoms with Crippen molar-refractivity contribution in [3.8, 4) is 0 Å². The molecule has 0 saturated carbocycles. The monoisotopic (exact) mass is 211 g/mol. The number of anilines is 2. The van der Waals surface area contributed by atoms with Crippen LogP contribution in [-0.4, -0.2) is 34.8 Å². The molecule has 0 bridgehead atoms. The molecule has 1 aromatic rings. The molecule has 0 spiro atoms. The van der Waals surface area contributed by atoms with Crippen molar-refractivity contribution in [2.75, 3.05) is 30.0 Å². The number of nitrogens with zero attached hydrogens (tertiary/aromatic N) is 3. The largest absolute Gasteiger partial charge is 0.395 e. The molecule has 84 valence electrons. The molecule has 0 aliphatic heterocycles. The zero-order valence-corrected chi connectivity index (χ0v) is 9.06. The van der Waals surface area contributed by atoms with E-state index in [9.17, 15) is 0 Å². The van der Waals surface area contributed by atoms with E-state index in [4.69, 9.17) is 10.9 Å². The van der Waals surface area contributed by atoms with Gasteiger partial charge in [0, 0.05) is 18.7 Å². The van der Waals surface area contributed by atoms with Crippen molar-refractivity contribution in [1.29, 1.82) is 0 Å². The maximum absolute atomic E-state index is 8.92. The Morgan fingerprint density at radius 3 is 2.80 bits per heavy atom. The minimum Gasteiger partial charge on any atom is -0.395 e. The molecule has 6 heteroatoms. The van der Waals surface area contributed by atoms with Gasteiger partial charge < -0.3 is 15.4 Å². The fourth-order valence-corrected chi connectivity index (χ4v) is 1.44. The van der Waals surface area contributed by atoms with Gasteiger partial charge in [0.2, 0.25) is 0 Å². The smallest absolute Gasteiger partial charge is 0.148 e. The van der Waals surface area contributed by atoms with Gasteiger partial charge in [0.25, 0.3) is 0 Å². The number of aliphatic hydroxyl groups is 1. The van der Waals surface area contributed by atoms with Crippen molar-refractivity contribution in [3.05, 3.63) is 11.9 Å². The van der Waals surface area contributed by atoms with Crippen LogP contribution in [0.3, 0.4) is 0 Å². The molecule has 4 N–H and O–H groups in total. The Kier molecular flexibility index (Phi) is 4.26. The number of aliphatic hydroxyl groups excluding tert-OH is 1. The molecule has 0 unspecified atom stereocenters. The predicted molar refractivity (Wildman–Crippen MR) is 59.6 cm³/mol. The molecule has 0 amide bonds. The van der Waals surface area contributed by atoms with E-state index in [0.717, 1.165) is 17.9 Å². The molecule has 1 aromatic heterocycles. The summed E-state index contributed by atoms with van der Waals surface area (Å²) in [6.45, 7) is 5.33. The van der Waals surface area contributed by atoms with E-state index in [-0.39, 0.29) is 6.61 Å². The summed E-state index contributed by atoms with van der Waals surface area (Å²) in [5.74, 6) is 6.74. The van der Waals surface area contributed by atoms with Gasteiger partial charge in [0.05, 0.1) is 6.61 Å². The summed E-state index contributed by atoms with van der Waals surface area (Å²) in [6, 6.07) is 0.